The molecular formula is C10H7Br2Cl3Zr-. The second-order valence-corrected chi connectivity index (χ2v) is 16.1. The summed E-state index contributed by atoms with van der Waals surface area (Å²) >= 11 is 4.87. The first-order chi connectivity index (χ1) is 7.40. The topological polar surface area (TPSA) is 0 Å². The molecule has 0 bridgehead atoms. The van der Waals surface area contributed by atoms with Crippen LogP contribution in [0.4, 0.5) is 0 Å². The summed E-state index contributed by atoms with van der Waals surface area (Å²) in [6.07, 6.45) is 0. The van der Waals surface area contributed by atoms with E-state index in [-0.39, 0.29) is 0 Å². The van der Waals surface area contributed by atoms with Gasteiger partial charge in [-0.2, -0.15) is 6.07 Å². The van der Waals surface area contributed by atoms with Crippen molar-refractivity contribution in [1.29, 1.82) is 0 Å². The predicted molar refractivity (Wildman–Crippen MR) is 77.2 cm³/mol. The number of benzene rings is 1. The first-order valence-corrected chi connectivity index (χ1v) is 15.3. The van der Waals surface area contributed by atoms with Crippen molar-refractivity contribution in [2.75, 3.05) is 0 Å². The standard InChI is InChI=1S/C10H7Br2.3ClH.Zr/c1-6-2-7-4-8(11)5-10(12)9(7)3-6;;;;/h2-5H,1H3;3*1H;/q-1;;;;+3/p-3. The SMILES string of the molecule is Cc1cc2c(Br)cc(Br)cc2[cH-]1.[Cl][Zr]([Cl])[Cl]. The van der Waals surface area contributed by atoms with Crippen molar-refractivity contribution in [2.45, 2.75) is 6.92 Å². The van der Waals surface area contributed by atoms with E-state index < -0.39 is 18.2 Å². The average Bonchev–Trinajstić information content (AvgIpc) is 2.44. The molecule has 16 heavy (non-hydrogen) atoms. The summed E-state index contributed by atoms with van der Waals surface area (Å²) in [7, 11) is 15.0. The van der Waals surface area contributed by atoms with Crippen LogP contribution >= 0.6 is 57.4 Å². The summed E-state index contributed by atoms with van der Waals surface area (Å²) < 4.78 is 2.27. The van der Waals surface area contributed by atoms with Gasteiger partial charge in [-0.3, -0.25) is 0 Å². The van der Waals surface area contributed by atoms with E-state index in [9.17, 15) is 0 Å². The number of hydrogen-bond donors (Lipinski definition) is 0. The molecule has 0 saturated carbocycles. The zero-order valence-corrected chi connectivity index (χ0v) is 16.1. The minimum atomic E-state index is -2.13. The number of rotatable bonds is 0. The van der Waals surface area contributed by atoms with Gasteiger partial charge < -0.3 is 0 Å². The van der Waals surface area contributed by atoms with Gasteiger partial charge in [-0.15, -0.1) is 28.5 Å². The molecule has 0 N–H and O–H groups in total. The van der Waals surface area contributed by atoms with Gasteiger partial charge in [0.2, 0.25) is 0 Å². The van der Waals surface area contributed by atoms with Crippen LogP contribution in [0.5, 0.6) is 0 Å². The van der Waals surface area contributed by atoms with Crippen molar-refractivity contribution < 1.29 is 18.2 Å². The molecule has 0 amide bonds. The van der Waals surface area contributed by atoms with Crippen LogP contribution in [0.15, 0.2) is 33.2 Å². The van der Waals surface area contributed by atoms with Crippen molar-refractivity contribution >= 4 is 68.2 Å². The van der Waals surface area contributed by atoms with Crippen molar-refractivity contribution in [2.24, 2.45) is 0 Å². The maximum atomic E-state index is 5.00. The van der Waals surface area contributed by atoms with Crippen LogP contribution in [-0.2, 0) is 18.2 Å². The molecule has 2 aromatic carbocycles. The van der Waals surface area contributed by atoms with Crippen LogP contribution in [0.3, 0.4) is 0 Å². The number of fused-ring (bicyclic) bond motifs is 1. The molecule has 0 aliphatic heterocycles. The summed E-state index contributed by atoms with van der Waals surface area (Å²) in [6.45, 7) is 2.11. The van der Waals surface area contributed by atoms with Crippen LogP contribution in [0.2, 0.25) is 0 Å². The van der Waals surface area contributed by atoms with Gasteiger partial charge in [0.15, 0.2) is 0 Å². The maximum absolute atomic E-state index is 5.00. The Morgan fingerprint density at radius 3 is 2.25 bits per heavy atom. The molecule has 0 saturated heterocycles. The summed E-state index contributed by atoms with van der Waals surface area (Å²) in [5.41, 5.74) is 1.31. The molecular weight excluding hydrogens is 478 g/mol. The summed E-state index contributed by atoms with van der Waals surface area (Å²) in [6, 6.07) is 8.57. The molecule has 0 fully saturated rings. The Morgan fingerprint density at radius 1 is 1.12 bits per heavy atom. The number of halogens is 5. The number of aryl methyl sites for hydroxylation is 1. The van der Waals surface area contributed by atoms with Crippen molar-refractivity contribution in [3.05, 3.63) is 38.8 Å². The second-order valence-electron chi connectivity index (χ2n) is 3.14. The Balaban J connectivity index is 0.000000280. The van der Waals surface area contributed by atoms with E-state index in [0.717, 1.165) is 8.95 Å². The fraction of sp³-hybridized carbons (Fsp3) is 0.100. The van der Waals surface area contributed by atoms with Crippen molar-refractivity contribution in [3.63, 3.8) is 0 Å². The Morgan fingerprint density at radius 2 is 1.69 bits per heavy atom. The Hall–Kier alpha value is 1.54. The van der Waals surface area contributed by atoms with Crippen LogP contribution in [0.1, 0.15) is 5.56 Å². The average molecular weight is 485 g/mol. The Kier molecular flexibility index (Phi) is 7.03. The van der Waals surface area contributed by atoms with E-state index in [1.54, 1.807) is 0 Å². The molecule has 0 aliphatic carbocycles. The first kappa shape index (κ1) is 15.6. The van der Waals surface area contributed by atoms with E-state index in [1.165, 1.54) is 16.3 Å². The van der Waals surface area contributed by atoms with Gasteiger partial charge in [-0.25, -0.2) is 0 Å². The number of hydrogen-bond acceptors (Lipinski definition) is 0. The third-order valence-electron chi connectivity index (χ3n) is 1.88. The Labute approximate surface area is 130 Å². The predicted octanol–water partition coefficient (Wildman–Crippen LogP) is 6.46. The molecule has 0 aromatic heterocycles. The van der Waals surface area contributed by atoms with Gasteiger partial charge in [-0.05, 0) is 8.95 Å². The van der Waals surface area contributed by atoms with E-state index in [0.29, 0.717) is 0 Å². The Bertz CT molecular complexity index is 479. The molecule has 0 spiro atoms. The molecule has 2 rings (SSSR count). The normalized spacial score (nSPS) is 9.88. The fourth-order valence-corrected chi connectivity index (χ4v) is 2.76. The first-order valence-electron chi connectivity index (χ1n) is 4.25. The van der Waals surface area contributed by atoms with Gasteiger partial charge in [0, 0.05) is 0 Å². The molecule has 0 radical (unpaired) electrons. The van der Waals surface area contributed by atoms with Gasteiger partial charge in [0.05, 0.1) is 0 Å². The molecule has 0 aliphatic rings. The fourth-order valence-electron chi connectivity index (χ4n) is 1.39. The third kappa shape index (κ3) is 5.04. The van der Waals surface area contributed by atoms with Gasteiger partial charge >= 0.3 is 43.7 Å². The van der Waals surface area contributed by atoms with E-state index in [1.807, 2.05) is 0 Å². The quantitative estimate of drug-likeness (QED) is 0.377. The summed E-state index contributed by atoms with van der Waals surface area (Å²) in [5.74, 6) is 0. The second kappa shape index (κ2) is 7.21. The molecule has 0 atom stereocenters. The monoisotopic (exact) mass is 480 g/mol. The van der Waals surface area contributed by atoms with Crippen LogP contribution in [-0.4, -0.2) is 0 Å². The summed E-state index contributed by atoms with van der Waals surface area (Å²) in [4.78, 5) is 0. The minimum absolute atomic E-state index is 1.12. The molecule has 2 aromatic rings. The van der Waals surface area contributed by atoms with Crippen LogP contribution < -0.4 is 0 Å². The van der Waals surface area contributed by atoms with Crippen molar-refractivity contribution in [3.8, 4) is 0 Å². The van der Waals surface area contributed by atoms with E-state index in [2.05, 4.69) is 63.0 Å². The molecule has 0 heterocycles. The molecule has 0 nitrogen and oxygen atoms in total. The zero-order chi connectivity index (χ0) is 12.3. The third-order valence-corrected chi connectivity index (χ3v) is 3.00. The summed E-state index contributed by atoms with van der Waals surface area (Å²) in [5, 5.41) is 2.57. The molecule has 0 unspecified atom stereocenters. The van der Waals surface area contributed by atoms with Gasteiger partial charge in [0.1, 0.15) is 0 Å². The van der Waals surface area contributed by atoms with E-state index >= 15 is 0 Å². The molecule has 6 heteroatoms. The van der Waals surface area contributed by atoms with Gasteiger partial charge in [0.25, 0.3) is 0 Å². The zero-order valence-electron chi connectivity index (χ0n) is 8.20. The van der Waals surface area contributed by atoms with E-state index in [4.69, 9.17) is 25.5 Å². The van der Waals surface area contributed by atoms with Gasteiger partial charge in [-0.1, -0.05) is 44.8 Å². The molecule has 87 valence electrons. The van der Waals surface area contributed by atoms with Crippen molar-refractivity contribution in [1.82, 2.24) is 0 Å². The van der Waals surface area contributed by atoms with Crippen LogP contribution in [0, 0.1) is 6.92 Å². The van der Waals surface area contributed by atoms with Crippen LogP contribution in [0.25, 0.3) is 10.8 Å².